The normalized spacial score (nSPS) is 11.2. The van der Waals surface area contributed by atoms with Crippen LogP contribution in [-0.4, -0.2) is 9.97 Å². The van der Waals surface area contributed by atoms with Crippen molar-refractivity contribution in [2.45, 2.75) is 0 Å². The van der Waals surface area contributed by atoms with E-state index in [1.807, 2.05) is 42.5 Å². The van der Waals surface area contributed by atoms with Crippen LogP contribution in [0.4, 0.5) is 0 Å². The van der Waals surface area contributed by atoms with Crippen molar-refractivity contribution in [3.8, 4) is 44.9 Å². The van der Waals surface area contributed by atoms with E-state index in [4.69, 9.17) is 14.4 Å². The van der Waals surface area contributed by atoms with Gasteiger partial charge in [-0.25, -0.2) is 4.98 Å². The molecule has 5 aromatic carbocycles. The molecule has 2 heterocycles. The molecular formula is C34H22N2O. The molecule has 37 heavy (non-hydrogen) atoms. The molecule has 7 aromatic rings. The lowest BCUT2D eigenvalue weighted by Gasteiger charge is -2.09. The van der Waals surface area contributed by atoms with Crippen LogP contribution in [0.2, 0.25) is 0 Å². The predicted octanol–water partition coefficient (Wildman–Crippen LogP) is 9.04. The van der Waals surface area contributed by atoms with E-state index in [9.17, 15) is 0 Å². The summed E-state index contributed by atoms with van der Waals surface area (Å²) in [4.78, 5) is 9.90. The average molecular weight is 475 g/mol. The van der Waals surface area contributed by atoms with Gasteiger partial charge in [-0.2, -0.15) is 4.98 Å². The van der Waals surface area contributed by atoms with Crippen LogP contribution in [0.3, 0.4) is 0 Å². The van der Waals surface area contributed by atoms with Gasteiger partial charge >= 0.3 is 0 Å². The van der Waals surface area contributed by atoms with Crippen LogP contribution in [0.25, 0.3) is 67.0 Å². The molecule has 3 nitrogen and oxygen atoms in total. The molecule has 0 radical (unpaired) electrons. The van der Waals surface area contributed by atoms with Crippen LogP contribution >= 0.6 is 0 Å². The zero-order valence-electron chi connectivity index (χ0n) is 20.0. The van der Waals surface area contributed by atoms with E-state index < -0.39 is 0 Å². The molecule has 0 amide bonds. The van der Waals surface area contributed by atoms with Crippen LogP contribution in [0.5, 0.6) is 0 Å². The highest BCUT2D eigenvalue weighted by molar-refractivity contribution is 6.10. The van der Waals surface area contributed by atoms with Gasteiger partial charge < -0.3 is 4.42 Å². The zero-order valence-corrected chi connectivity index (χ0v) is 20.0. The van der Waals surface area contributed by atoms with Gasteiger partial charge in [-0.1, -0.05) is 121 Å². The summed E-state index contributed by atoms with van der Waals surface area (Å²) in [5, 5.41) is 1.97. The molecule has 0 aliphatic carbocycles. The highest BCUT2D eigenvalue weighted by Gasteiger charge is 2.17. The van der Waals surface area contributed by atoms with Crippen molar-refractivity contribution in [1.29, 1.82) is 0 Å². The summed E-state index contributed by atoms with van der Waals surface area (Å²) in [6.45, 7) is 0. The average Bonchev–Trinajstić information content (AvgIpc) is 3.36. The summed E-state index contributed by atoms with van der Waals surface area (Å²) >= 11 is 0. The van der Waals surface area contributed by atoms with Gasteiger partial charge in [-0.15, -0.1) is 0 Å². The number of benzene rings is 5. The first-order chi connectivity index (χ1) is 18.3. The molecule has 0 unspecified atom stereocenters. The topological polar surface area (TPSA) is 38.9 Å². The number of hydrogen-bond donors (Lipinski definition) is 0. The molecular weight excluding hydrogens is 452 g/mol. The highest BCUT2D eigenvalue weighted by atomic mass is 16.3. The second-order valence-electron chi connectivity index (χ2n) is 9.06. The molecule has 0 aliphatic heterocycles. The van der Waals surface area contributed by atoms with E-state index in [1.54, 1.807) is 0 Å². The zero-order chi connectivity index (χ0) is 24.6. The molecule has 0 bridgehead atoms. The van der Waals surface area contributed by atoms with Crippen LogP contribution in [0, 0.1) is 0 Å². The van der Waals surface area contributed by atoms with Crippen molar-refractivity contribution in [2.75, 3.05) is 0 Å². The molecule has 0 saturated heterocycles. The SMILES string of the molecule is c1ccc(-c2cccc(-c3ccc(-c4nc(-c5ccccc5)c5c(n4)oc4ccccc45)cc3)c2)cc1. The highest BCUT2D eigenvalue weighted by Crippen LogP contribution is 2.36. The van der Waals surface area contributed by atoms with E-state index in [0.717, 1.165) is 38.7 Å². The summed E-state index contributed by atoms with van der Waals surface area (Å²) in [5.41, 5.74) is 9.01. The fourth-order valence-electron chi connectivity index (χ4n) is 4.88. The monoisotopic (exact) mass is 474 g/mol. The van der Waals surface area contributed by atoms with Crippen molar-refractivity contribution in [2.24, 2.45) is 0 Å². The van der Waals surface area contributed by atoms with Crippen molar-refractivity contribution in [3.63, 3.8) is 0 Å². The van der Waals surface area contributed by atoms with Gasteiger partial charge in [0.2, 0.25) is 5.71 Å². The van der Waals surface area contributed by atoms with Crippen LogP contribution < -0.4 is 0 Å². The first kappa shape index (κ1) is 21.3. The molecule has 0 fully saturated rings. The Morgan fingerprint density at radius 2 is 1.00 bits per heavy atom. The minimum atomic E-state index is 0.602. The third-order valence-electron chi connectivity index (χ3n) is 6.73. The lowest BCUT2D eigenvalue weighted by Crippen LogP contribution is -1.94. The third kappa shape index (κ3) is 3.87. The molecule has 2 aromatic heterocycles. The Kier molecular flexibility index (Phi) is 5.11. The third-order valence-corrected chi connectivity index (χ3v) is 6.73. The second kappa shape index (κ2) is 8.89. The number of rotatable bonds is 4. The number of furan rings is 1. The first-order valence-corrected chi connectivity index (χ1v) is 12.3. The van der Waals surface area contributed by atoms with Gasteiger partial charge in [-0.05, 0) is 34.4 Å². The second-order valence-corrected chi connectivity index (χ2v) is 9.06. The fourth-order valence-corrected chi connectivity index (χ4v) is 4.88. The largest absolute Gasteiger partial charge is 0.438 e. The predicted molar refractivity (Wildman–Crippen MR) is 151 cm³/mol. The minimum absolute atomic E-state index is 0.602. The van der Waals surface area contributed by atoms with Crippen LogP contribution in [0.1, 0.15) is 0 Å². The summed E-state index contributed by atoms with van der Waals surface area (Å²) < 4.78 is 6.17. The lowest BCUT2D eigenvalue weighted by atomic mass is 9.98. The van der Waals surface area contributed by atoms with Gasteiger partial charge in [0.05, 0.1) is 11.1 Å². The summed E-state index contributed by atoms with van der Waals surface area (Å²) in [6.07, 6.45) is 0. The Balaban J connectivity index is 1.32. The van der Waals surface area contributed by atoms with E-state index in [2.05, 4.69) is 91.0 Å². The van der Waals surface area contributed by atoms with Crippen molar-refractivity contribution in [3.05, 3.63) is 133 Å². The number of hydrogen-bond acceptors (Lipinski definition) is 3. The number of fused-ring (bicyclic) bond motifs is 3. The van der Waals surface area contributed by atoms with Crippen LogP contribution in [0.15, 0.2) is 138 Å². The Labute approximate surface area is 214 Å². The molecule has 0 saturated carbocycles. The van der Waals surface area contributed by atoms with Gasteiger partial charge in [0, 0.05) is 16.5 Å². The Morgan fingerprint density at radius 1 is 0.432 bits per heavy atom. The van der Waals surface area contributed by atoms with Gasteiger partial charge in [0.1, 0.15) is 5.58 Å². The molecule has 174 valence electrons. The van der Waals surface area contributed by atoms with E-state index in [0.29, 0.717) is 11.5 Å². The maximum atomic E-state index is 6.17. The molecule has 0 spiro atoms. The van der Waals surface area contributed by atoms with Gasteiger partial charge in [0.15, 0.2) is 5.82 Å². The van der Waals surface area contributed by atoms with Crippen molar-refractivity contribution >= 4 is 22.1 Å². The van der Waals surface area contributed by atoms with E-state index in [-0.39, 0.29) is 0 Å². The number of para-hydroxylation sites is 1. The lowest BCUT2D eigenvalue weighted by molar-refractivity contribution is 0.653. The van der Waals surface area contributed by atoms with Gasteiger partial charge in [-0.3, -0.25) is 0 Å². The Hall–Kier alpha value is -5.02. The van der Waals surface area contributed by atoms with Crippen molar-refractivity contribution < 1.29 is 4.42 Å². The van der Waals surface area contributed by atoms with Crippen molar-refractivity contribution in [1.82, 2.24) is 9.97 Å². The quantitative estimate of drug-likeness (QED) is 0.255. The molecule has 0 atom stereocenters. The molecule has 3 heteroatoms. The maximum absolute atomic E-state index is 6.17. The molecule has 0 N–H and O–H groups in total. The summed E-state index contributed by atoms with van der Waals surface area (Å²) in [6, 6.07) is 45.8. The first-order valence-electron chi connectivity index (χ1n) is 12.3. The van der Waals surface area contributed by atoms with E-state index in [1.165, 1.54) is 16.7 Å². The number of nitrogens with zero attached hydrogens (tertiary/aromatic N) is 2. The maximum Gasteiger partial charge on any atom is 0.231 e. The molecule has 0 aliphatic rings. The van der Waals surface area contributed by atoms with Gasteiger partial charge in [0.25, 0.3) is 0 Å². The minimum Gasteiger partial charge on any atom is -0.438 e. The number of aromatic nitrogens is 2. The Bertz CT molecular complexity index is 1850. The van der Waals surface area contributed by atoms with E-state index >= 15 is 0 Å². The van der Waals surface area contributed by atoms with Crippen LogP contribution in [-0.2, 0) is 0 Å². The fraction of sp³-hybridized carbons (Fsp3) is 0. The Morgan fingerprint density at radius 3 is 1.73 bits per heavy atom. The standard InChI is InChI=1S/C34H22N2O/c1-3-10-23(11-4-1)27-14-9-15-28(22-27)24-18-20-26(21-19-24)33-35-32(25-12-5-2-6-13-25)31-29-16-7-8-17-30(29)37-34(31)36-33/h1-22H. The summed E-state index contributed by atoms with van der Waals surface area (Å²) in [7, 11) is 0. The molecule has 7 rings (SSSR count). The smallest absolute Gasteiger partial charge is 0.231 e. The summed E-state index contributed by atoms with van der Waals surface area (Å²) in [5.74, 6) is 0.648.